The Hall–Kier alpha value is -1.92. The van der Waals surface area contributed by atoms with Crippen LogP contribution in [0.15, 0.2) is 30.3 Å². The zero-order valence-electron chi connectivity index (χ0n) is 10.7. The average Bonchev–Trinajstić information content (AvgIpc) is 2.37. The number of aliphatic hydroxyl groups excluding tert-OH is 1. The van der Waals surface area contributed by atoms with Crippen LogP contribution < -0.4 is 16.2 Å². The topological polar surface area (TPSA) is 117 Å². The molecular formula is C13H18N2O4. The van der Waals surface area contributed by atoms with E-state index < -0.39 is 30.1 Å². The van der Waals surface area contributed by atoms with Crippen LogP contribution in [0.25, 0.3) is 0 Å². The summed E-state index contributed by atoms with van der Waals surface area (Å²) in [7, 11) is 0. The number of carboxylic acids is 1. The van der Waals surface area contributed by atoms with Gasteiger partial charge >= 0.3 is 0 Å². The van der Waals surface area contributed by atoms with E-state index in [1.165, 1.54) is 6.92 Å². The summed E-state index contributed by atoms with van der Waals surface area (Å²) in [6.45, 7) is 1.42. The number of amides is 1. The van der Waals surface area contributed by atoms with Crippen molar-refractivity contribution in [1.82, 2.24) is 5.32 Å². The Labute approximate surface area is 111 Å². The van der Waals surface area contributed by atoms with E-state index in [1.807, 2.05) is 6.07 Å². The normalized spacial score (nSPS) is 15.3. The second-order valence-corrected chi connectivity index (χ2v) is 4.42. The van der Waals surface area contributed by atoms with Gasteiger partial charge in [0.05, 0.1) is 12.0 Å². The van der Waals surface area contributed by atoms with Gasteiger partial charge in [0.1, 0.15) is 6.10 Å². The summed E-state index contributed by atoms with van der Waals surface area (Å²) in [4.78, 5) is 22.7. The molecule has 0 aromatic heterocycles. The van der Waals surface area contributed by atoms with E-state index in [-0.39, 0.29) is 6.42 Å². The summed E-state index contributed by atoms with van der Waals surface area (Å²) in [6, 6.07) is 6.84. The maximum Gasteiger partial charge on any atom is 0.281 e. The predicted octanol–water partition coefficient (Wildman–Crippen LogP) is -2.54. The molecule has 0 fully saturated rings. The molecule has 0 spiro atoms. The Balaban J connectivity index is 2.69. The first-order valence-electron chi connectivity index (χ1n) is 5.98. The Bertz CT molecular complexity index is 434. The molecule has 5 N–H and O–H groups in total. The van der Waals surface area contributed by atoms with Crippen molar-refractivity contribution >= 4 is 11.9 Å². The highest BCUT2D eigenvalue weighted by atomic mass is 16.4. The highest BCUT2D eigenvalue weighted by Gasteiger charge is 2.25. The fraction of sp³-hybridized carbons (Fsp3) is 0.385. The lowest BCUT2D eigenvalue weighted by molar-refractivity contribution is -0.419. The number of benzene rings is 1. The third kappa shape index (κ3) is 4.69. The molecule has 1 aromatic rings. The van der Waals surface area contributed by atoms with Gasteiger partial charge in [-0.15, -0.1) is 0 Å². The number of carbonyl (C=O) groups is 2. The average molecular weight is 266 g/mol. The highest BCUT2D eigenvalue weighted by Crippen LogP contribution is 2.03. The summed E-state index contributed by atoms with van der Waals surface area (Å²) in [6.07, 6.45) is -0.819. The molecule has 0 saturated heterocycles. The molecule has 3 unspecified atom stereocenters. The second kappa shape index (κ2) is 6.86. The molecule has 3 atom stereocenters. The van der Waals surface area contributed by atoms with Crippen molar-refractivity contribution in [2.75, 3.05) is 0 Å². The van der Waals surface area contributed by atoms with Crippen molar-refractivity contribution in [3.05, 3.63) is 35.9 Å². The quantitative estimate of drug-likeness (QED) is 0.525. The standard InChI is InChI=1S/C13H18N2O4/c1-8(16)11(14)12(17)15-10(13(18)19)7-9-5-3-2-4-6-9/h2-6,8,10-11,16H,7,14H2,1H3,(H,15,17)(H,18,19). The molecule has 1 amide bonds. The molecule has 6 nitrogen and oxygen atoms in total. The van der Waals surface area contributed by atoms with Gasteiger partial charge in [-0.05, 0) is 18.9 Å². The molecule has 1 aromatic carbocycles. The van der Waals surface area contributed by atoms with Gasteiger partial charge in [0.25, 0.3) is 5.91 Å². The SMILES string of the molecule is CC(O)C([NH3+])C(=O)NC(Cc1ccccc1)C(=O)[O-]. The first-order chi connectivity index (χ1) is 8.91. The molecule has 0 aliphatic rings. The third-order valence-electron chi connectivity index (χ3n) is 2.80. The number of aliphatic hydroxyl groups is 1. The largest absolute Gasteiger partial charge is 0.548 e. The van der Waals surface area contributed by atoms with Crippen LogP contribution in [0.4, 0.5) is 0 Å². The van der Waals surface area contributed by atoms with Crippen LogP contribution in [0.1, 0.15) is 12.5 Å². The van der Waals surface area contributed by atoms with Crippen molar-refractivity contribution in [2.24, 2.45) is 0 Å². The number of hydrogen-bond donors (Lipinski definition) is 3. The molecule has 0 saturated carbocycles. The number of nitrogens with one attached hydrogen (secondary N) is 1. The number of carboxylic acid groups (broad SMARTS) is 1. The second-order valence-electron chi connectivity index (χ2n) is 4.42. The van der Waals surface area contributed by atoms with Crippen molar-refractivity contribution in [2.45, 2.75) is 31.5 Å². The Morgan fingerprint density at radius 2 is 1.95 bits per heavy atom. The van der Waals surface area contributed by atoms with Crippen LogP contribution in [-0.2, 0) is 16.0 Å². The first kappa shape index (κ1) is 15.1. The van der Waals surface area contributed by atoms with Crippen molar-refractivity contribution in [3.8, 4) is 0 Å². The molecule has 6 heteroatoms. The molecule has 0 aliphatic heterocycles. The van der Waals surface area contributed by atoms with E-state index in [4.69, 9.17) is 0 Å². The lowest BCUT2D eigenvalue weighted by atomic mass is 10.1. The molecule has 0 heterocycles. The zero-order valence-corrected chi connectivity index (χ0v) is 10.7. The fourth-order valence-corrected chi connectivity index (χ4v) is 1.54. The van der Waals surface area contributed by atoms with Gasteiger partial charge in [-0.1, -0.05) is 30.3 Å². The molecule has 0 bridgehead atoms. The monoisotopic (exact) mass is 266 g/mol. The number of carbonyl (C=O) groups excluding carboxylic acids is 2. The Morgan fingerprint density at radius 1 is 1.37 bits per heavy atom. The maximum absolute atomic E-state index is 11.7. The van der Waals surface area contributed by atoms with Crippen LogP contribution in [0, 0.1) is 0 Å². The van der Waals surface area contributed by atoms with Gasteiger partial charge in [-0.3, -0.25) is 4.79 Å². The van der Waals surface area contributed by atoms with E-state index in [2.05, 4.69) is 11.1 Å². The number of quaternary nitrogens is 1. The van der Waals surface area contributed by atoms with E-state index in [1.54, 1.807) is 24.3 Å². The first-order valence-corrected chi connectivity index (χ1v) is 5.98. The smallest absolute Gasteiger partial charge is 0.281 e. The van der Waals surface area contributed by atoms with Gasteiger partial charge in [0.2, 0.25) is 0 Å². The molecule has 1 rings (SSSR count). The summed E-state index contributed by atoms with van der Waals surface area (Å²) in [5.41, 5.74) is 4.25. The Morgan fingerprint density at radius 3 is 2.42 bits per heavy atom. The molecular weight excluding hydrogens is 248 g/mol. The lowest BCUT2D eigenvalue weighted by Crippen LogP contribution is -2.73. The number of hydrogen-bond acceptors (Lipinski definition) is 4. The molecule has 0 radical (unpaired) electrons. The minimum absolute atomic E-state index is 0.126. The molecule has 104 valence electrons. The molecule has 19 heavy (non-hydrogen) atoms. The highest BCUT2D eigenvalue weighted by molar-refractivity contribution is 5.85. The van der Waals surface area contributed by atoms with E-state index in [9.17, 15) is 19.8 Å². The summed E-state index contributed by atoms with van der Waals surface area (Å²) < 4.78 is 0. The van der Waals surface area contributed by atoms with Crippen LogP contribution in [0.3, 0.4) is 0 Å². The Kier molecular flexibility index (Phi) is 5.47. The molecule has 0 aliphatic carbocycles. The lowest BCUT2D eigenvalue weighted by Gasteiger charge is -2.21. The van der Waals surface area contributed by atoms with Gasteiger partial charge < -0.3 is 26.1 Å². The van der Waals surface area contributed by atoms with Gasteiger partial charge in [-0.2, -0.15) is 0 Å². The van der Waals surface area contributed by atoms with Crippen LogP contribution >= 0.6 is 0 Å². The van der Waals surface area contributed by atoms with Crippen LogP contribution in [-0.4, -0.2) is 35.2 Å². The summed E-state index contributed by atoms with van der Waals surface area (Å²) in [5, 5.41) is 22.6. The van der Waals surface area contributed by atoms with Crippen LogP contribution in [0.2, 0.25) is 0 Å². The van der Waals surface area contributed by atoms with Gasteiger partial charge in [0, 0.05) is 0 Å². The number of rotatable bonds is 6. The van der Waals surface area contributed by atoms with Crippen molar-refractivity contribution in [1.29, 1.82) is 0 Å². The third-order valence-corrected chi connectivity index (χ3v) is 2.80. The predicted molar refractivity (Wildman–Crippen MR) is 65.4 cm³/mol. The number of aliphatic carboxylic acids is 1. The minimum Gasteiger partial charge on any atom is -0.548 e. The van der Waals surface area contributed by atoms with Crippen molar-refractivity contribution in [3.63, 3.8) is 0 Å². The van der Waals surface area contributed by atoms with Gasteiger partial charge in [-0.25, -0.2) is 0 Å². The summed E-state index contributed by atoms with van der Waals surface area (Å²) in [5.74, 6) is -1.98. The summed E-state index contributed by atoms with van der Waals surface area (Å²) >= 11 is 0. The zero-order chi connectivity index (χ0) is 14.4. The van der Waals surface area contributed by atoms with E-state index in [0.29, 0.717) is 0 Å². The van der Waals surface area contributed by atoms with E-state index in [0.717, 1.165) is 5.56 Å². The maximum atomic E-state index is 11.7. The van der Waals surface area contributed by atoms with Crippen molar-refractivity contribution < 1.29 is 25.5 Å². The van der Waals surface area contributed by atoms with Crippen LogP contribution in [0.5, 0.6) is 0 Å². The van der Waals surface area contributed by atoms with Gasteiger partial charge in [0.15, 0.2) is 6.04 Å². The minimum atomic E-state index is -1.37. The fourth-order valence-electron chi connectivity index (χ4n) is 1.54. The van der Waals surface area contributed by atoms with E-state index >= 15 is 0 Å².